The summed E-state index contributed by atoms with van der Waals surface area (Å²) in [6.07, 6.45) is 1.39. The highest BCUT2D eigenvalue weighted by Crippen LogP contribution is 2.45. The molecule has 0 saturated carbocycles. The number of benzene rings is 2. The summed E-state index contributed by atoms with van der Waals surface area (Å²) >= 11 is 0. The molecular formula is C25H22N2O6. The van der Waals surface area contributed by atoms with Gasteiger partial charge in [0.1, 0.15) is 23.1 Å². The molecule has 2 heterocycles. The average Bonchev–Trinajstić information content (AvgIpc) is 3.35. The third-order valence-electron chi connectivity index (χ3n) is 5.02. The number of carbonyl (C=O) groups is 1. The minimum absolute atomic E-state index is 0.0173. The summed E-state index contributed by atoms with van der Waals surface area (Å²) in [6.45, 7) is 4.73. The number of ether oxygens (including phenoxy) is 4. The fourth-order valence-corrected chi connectivity index (χ4v) is 3.64. The number of furan rings is 1. The number of fused-ring (bicyclic) bond motifs is 1. The van der Waals surface area contributed by atoms with Gasteiger partial charge in [-0.05, 0) is 49.7 Å². The number of nitrogens with zero attached hydrogens (tertiary/aromatic N) is 1. The van der Waals surface area contributed by atoms with Crippen molar-refractivity contribution >= 4 is 5.97 Å². The second-order valence-corrected chi connectivity index (χ2v) is 7.06. The first-order valence-electron chi connectivity index (χ1n) is 10.4. The van der Waals surface area contributed by atoms with Crippen molar-refractivity contribution < 1.29 is 28.2 Å². The van der Waals surface area contributed by atoms with Gasteiger partial charge in [0.15, 0.2) is 11.5 Å². The molecule has 1 aromatic heterocycles. The predicted octanol–water partition coefficient (Wildman–Crippen LogP) is 4.51. The molecule has 0 aliphatic carbocycles. The molecule has 168 valence electrons. The fraction of sp³-hybridized carbons (Fsp3) is 0.200. The largest absolute Gasteiger partial charge is 0.490 e. The average molecular weight is 446 g/mol. The van der Waals surface area contributed by atoms with Gasteiger partial charge in [-0.1, -0.05) is 12.1 Å². The lowest BCUT2D eigenvalue weighted by Crippen LogP contribution is -2.21. The molecule has 4 rings (SSSR count). The van der Waals surface area contributed by atoms with Crippen LogP contribution in [0.25, 0.3) is 0 Å². The zero-order chi connectivity index (χ0) is 23.4. The van der Waals surface area contributed by atoms with E-state index in [0.717, 1.165) is 5.56 Å². The third-order valence-corrected chi connectivity index (χ3v) is 5.02. The van der Waals surface area contributed by atoms with Gasteiger partial charge in [0.05, 0.1) is 25.4 Å². The normalized spacial score (nSPS) is 14.6. The topological polar surface area (TPSA) is 117 Å². The van der Waals surface area contributed by atoms with Crippen molar-refractivity contribution in [3.63, 3.8) is 0 Å². The summed E-state index contributed by atoms with van der Waals surface area (Å²) in [4.78, 5) is 12.2. The lowest BCUT2D eigenvalue weighted by atomic mass is 9.83. The molecule has 8 nitrogen and oxygen atoms in total. The molecule has 0 bridgehead atoms. The Morgan fingerprint density at radius 1 is 1.09 bits per heavy atom. The molecule has 0 saturated heterocycles. The summed E-state index contributed by atoms with van der Waals surface area (Å²) < 4.78 is 27.5. The standard InChI is InChI=1S/C25H22N2O6/c1-3-29-19-10-7-15(12-22(19)30-4-2)23-17-9-8-16(32-25(28)20-6-5-11-31-20)13-21(17)33-24(27)18(23)14-26/h5-13,23H,3-4,27H2,1-2H3. The van der Waals surface area contributed by atoms with Crippen LogP contribution in [0.5, 0.6) is 23.0 Å². The highest BCUT2D eigenvalue weighted by atomic mass is 16.5. The predicted molar refractivity (Wildman–Crippen MR) is 118 cm³/mol. The monoisotopic (exact) mass is 446 g/mol. The number of esters is 1. The van der Waals surface area contributed by atoms with Gasteiger partial charge in [0.2, 0.25) is 11.6 Å². The second-order valence-electron chi connectivity index (χ2n) is 7.06. The van der Waals surface area contributed by atoms with Crippen molar-refractivity contribution in [1.29, 1.82) is 5.26 Å². The maximum Gasteiger partial charge on any atom is 0.379 e. The lowest BCUT2D eigenvalue weighted by molar-refractivity contribution is 0.0701. The van der Waals surface area contributed by atoms with Crippen LogP contribution >= 0.6 is 0 Å². The molecule has 33 heavy (non-hydrogen) atoms. The number of rotatable bonds is 7. The van der Waals surface area contributed by atoms with Crippen molar-refractivity contribution in [1.82, 2.24) is 0 Å². The number of nitrogens with two attached hydrogens (primary N) is 1. The van der Waals surface area contributed by atoms with Crippen LogP contribution in [-0.2, 0) is 0 Å². The Morgan fingerprint density at radius 3 is 2.58 bits per heavy atom. The van der Waals surface area contributed by atoms with Gasteiger partial charge in [0, 0.05) is 11.6 Å². The van der Waals surface area contributed by atoms with Crippen LogP contribution in [0.4, 0.5) is 0 Å². The quantitative estimate of drug-likeness (QED) is 0.416. The minimum atomic E-state index is -0.638. The highest BCUT2D eigenvalue weighted by Gasteiger charge is 2.32. The van der Waals surface area contributed by atoms with E-state index in [1.165, 1.54) is 12.3 Å². The Morgan fingerprint density at radius 2 is 1.88 bits per heavy atom. The molecule has 1 atom stereocenters. The van der Waals surface area contributed by atoms with Gasteiger partial charge in [-0.15, -0.1) is 0 Å². The molecule has 0 radical (unpaired) electrons. The van der Waals surface area contributed by atoms with E-state index in [1.807, 2.05) is 32.0 Å². The van der Waals surface area contributed by atoms with Gasteiger partial charge >= 0.3 is 5.97 Å². The summed E-state index contributed by atoms with van der Waals surface area (Å²) in [6, 6.07) is 15.7. The van der Waals surface area contributed by atoms with Crippen molar-refractivity contribution in [2.75, 3.05) is 13.2 Å². The number of carbonyl (C=O) groups excluding carboxylic acids is 1. The van der Waals surface area contributed by atoms with E-state index in [-0.39, 0.29) is 23.0 Å². The highest BCUT2D eigenvalue weighted by molar-refractivity contribution is 5.88. The van der Waals surface area contributed by atoms with Crippen molar-refractivity contribution in [3.05, 3.63) is 83.1 Å². The smallest absolute Gasteiger partial charge is 0.379 e. The lowest BCUT2D eigenvalue weighted by Gasteiger charge is -2.27. The van der Waals surface area contributed by atoms with Gasteiger partial charge in [-0.3, -0.25) is 0 Å². The Balaban J connectivity index is 1.73. The van der Waals surface area contributed by atoms with Crippen LogP contribution in [-0.4, -0.2) is 19.2 Å². The third kappa shape index (κ3) is 4.34. The number of nitriles is 1. The maximum atomic E-state index is 12.2. The molecule has 1 unspecified atom stereocenters. The number of allylic oxidation sites excluding steroid dienone is 1. The van der Waals surface area contributed by atoms with E-state index in [4.69, 9.17) is 29.1 Å². The molecule has 1 aliphatic heterocycles. The van der Waals surface area contributed by atoms with E-state index >= 15 is 0 Å². The molecule has 1 aliphatic rings. The molecule has 8 heteroatoms. The van der Waals surface area contributed by atoms with Crippen LogP contribution in [0.2, 0.25) is 0 Å². The molecule has 0 fully saturated rings. The fourth-order valence-electron chi connectivity index (χ4n) is 3.64. The molecule has 3 aromatic rings. The Bertz CT molecular complexity index is 1240. The first kappa shape index (κ1) is 21.8. The number of hydrogen-bond acceptors (Lipinski definition) is 8. The molecule has 2 aromatic carbocycles. The number of hydrogen-bond donors (Lipinski definition) is 1. The Hall–Kier alpha value is -4.38. The maximum absolute atomic E-state index is 12.2. The first-order chi connectivity index (χ1) is 16.0. The van der Waals surface area contributed by atoms with Crippen LogP contribution < -0.4 is 24.7 Å². The second kappa shape index (κ2) is 9.40. The van der Waals surface area contributed by atoms with Gasteiger partial charge in [-0.25, -0.2) is 4.79 Å². The Labute approximate surface area is 190 Å². The van der Waals surface area contributed by atoms with Crippen LogP contribution in [0.15, 0.2) is 70.7 Å². The first-order valence-corrected chi connectivity index (χ1v) is 10.4. The summed E-state index contributed by atoms with van der Waals surface area (Å²) in [5.74, 6) is 0.754. The van der Waals surface area contributed by atoms with Crippen molar-refractivity contribution in [3.8, 4) is 29.1 Å². The summed E-state index contributed by atoms with van der Waals surface area (Å²) in [5, 5.41) is 9.81. The van der Waals surface area contributed by atoms with Crippen LogP contribution in [0, 0.1) is 11.3 Å². The van der Waals surface area contributed by atoms with E-state index < -0.39 is 11.9 Å². The molecule has 2 N–H and O–H groups in total. The van der Waals surface area contributed by atoms with E-state index in [0.29, 0.717) is 36.0 Å². The van der Waals surface area contributed by atoms with Crippen molar-refractivity contribution in [2.45, 2.75) is 19.8 Å². The summed E-state index contributed by atoms with van der Waals surface area (Å²) in [7, 11) is 0. The Kier molecular flexibility index (Phi) is 6.22. The van der Waals surface area contributed by atoms with E-state index in [9.17, 15) is 10.1 Å². The molecular weight excluding hydrogens is 424 g/mol. The molecule has 0 spiro atoms. The molecule has 0 amide bonds. The zero-order valence-corrected chi connectivity index (χ0v) is 18.2. The summed E-state index contributed by atoms with van der Waals surface area (Å²) in [5.41, 5.74) is 7.85. The van der Waals surface area contributed by atoms with Crippen LogP contribution in [0.3, 0.4) is 0 Å². The SMILES string of the molecule is CCOc1ccc(C2C(C#N)=C(N)Oc3cc(OC(=O)c4ccco4)ccc32)cc1OCC. The van der Waals surface area contributed by atoms with Gasteiger partial charge < -0.3 is 29.1 Å². The van der Waals surface area contributed by atoms with E-state index in [1.54, 1.807) is 24.3 Å². The van der Waals surface area contributed by atoms with Crippen LogP contribution in [0.1, 0.15) is 41.4 Å². The van der Waals surface area contributed by atoms with E-state index in [2.05, 4.69) is 6.07 Å². The van der Waals surface area contributed by atoms with Gasteiger partial charge in [-0.2, -0.15) is 5.26 Å². The minimum Gasteiger partial charge on any atom is -0.490 e. The zero-order valence-electron chi connectivity index (χ0n) is 18.2. The van der Waals surface area contributed by atoms with Crippen molar-refractivity contribution in [2.24, 2.45) is 5.73 Å². The van der Waals surface area contributed by atoms with Gasteiger partial charge in [0.25, 0.3) is 0 Å².